The minimum Gasteiger partial charge on any atom is -0.298 e. The van der Waals surface area contributed by atoms with E-state index in [0.29, 0.717) is 16.9 Å². The highest BCUT2D eigenvalue weighted by atomic mass is 32.2. The molecule has 0 aliphatic rings. The maximum absolute atomic E-state index is 12.3. The van der Waals surface area contributed by atoms with Crippen LogP contribution in [-0.4, -0.2) is 19.2 Å². The highest BCUT2D eigenvalue weighted by Gasteiger charge is 2.15. The van der Waals surface area contributed by atoms with Gasteiger partial charge in [-0.1, -0.05) is 12.6 Å². The van der Waals surface area contributed by atoms with E-state index in [1.165, 1.54) is 54.6 Å². The summed E-state index contributed by atoms with van der Waals surface area (Å²) >= 11 is 1.10. The van der Waals surface area contributed by atoms with Crippen molar-refractivity contribution in [3.8, 4) is 0 Å². The zero-order valence-electron chi connectivity index (χ0n) is 15.4. The average molecular weight is 444 g/mol. The fourth-order valence-corrected chi connectivity index (χ4v) is 4.42. The maximum Gasteiger partial charge on any atom is 0.271 e. The number of thiophene rings is 1. The Bertz CT molecular complexity index is 1170. The number of hydrazine groups is 1. The minimum absolute atomic E-state index is 0.0506. The van der Waals surface area contributed by atoms with Crippen LogP contribution in [0.15, 0.2) is 76.8 Å². The lowest BCUT2D eigenvalue weighted by atomic mass is 10.1. The number of nitrogens with one attached hydrogen (secondary N) is 3. The third kappa shape index (κ3) is 5.01. The highest BCUT2D eigenvalue weighted by Crippen LogP contribution is 2.20. The normalized spacial score (nSPS) is 10.8. The van der Waals surface area contributed by atoms with Gasteiger partial charge in [0.25, 0.3) is 21.6 Å². The lowest BCUT2D eigenvalue weighted by Gasteiger charge is -2.12. The predicted octanol–water partition coefficient (Wildman–Crippen LogP) is 3.36. The summed E-state index contributed by atoms with van der Waals surface area (Å²) in [6.45, 7) is 3.77. The van der Waals surface area contributed by atoms with Crippen LogP contribution in [0.3, 0.4) is 0 Å². The van der Waals surface area contributed by atoms with Crippen LogP contribution in [0.5, 0.6) is 0 Å². The van der Waals surface area contributed by atoms with E-state index in [9.17, 15) is 23.3 Å². The van der Waals surface area contributed by atoms with Crippen LogP contribution < -0.4 is 15.6 Å². The molecule has 1 amide bonds. The van der Waals surface area contributed by atoms with Crippen molar-refractivity contribution in [3.63, 3.8) is 0 Å². The SMILES string of the molecule is C=C(NNC(=O)c1ccc(NS(=O)(=O)c2cccs2)cc1)c1ccc([N+](=O)[O-])cc1. The molecule has 30 heavy (non-hydrogen) atoms. The summed E-state index contributed by atoms with van der Waals surface area (Å²) in [6, 6.07) is 14.7. The topological polar surface area (TPSA) is 130 Å². The molecule has 9 nitrogen and oxygen atoms in total. The fraction of sp³-hybridized carbons (Fsp3) is 0. The molecule has 0 bridgehead atoms. The Morgan fingerprint density at radius 1 is 0.967 bits per heavy atom. The highest BCUT2D eigenvalue weighted by molar-refractivity contribution is 7.94. The zero-order valence-corrected chi connectivity index (χ0v) is 17.0. The Hall–Kier alpha value is -3.70. The molecule has 0 aliphatic heterocycles. The smallest absolute Gasteiger partial charge is 0.271 e. The van der Waals surface area contributed by atoms with Crippen LogP contribution in [0.2, 0.25) is 0 Å². The van der Waals surface area contributed by atoms with E-state index < -0.39 is 20.9 Å². The van der Waals surface area contributed by atoms with Crippen molar-refractivity contribution in [3.05, 3.63) is 93.9 Å². The fourth-order valence-electron chi connectivity index (χ4n) is 2.37. The van der Waals surface area contributed by atoms with Gasteiger partial charge in [0.2, 0.25) is 0 Å². The number of benzene rings is 2. The van der Waals surface area contributed by atoms with Crippen molar-refractivity contribution < 1.29 is 18.1 Å². The summed E-state index contributed by atoms with van der Waals surface area (Å²) < 4.78 is 27.1. The van der Waals surface area contributed by atoms with E-state index >= 15 is 0 Å². The Morgan fingerprint density at radius 2 is 1.60 bits per heavy atom. The summed E-state index contributed by atoms with van der Waals surface area (Å²) in [4.78, 5) is 22.4. The molecule has 11 heteroatoms. The van der Waals surface area contributed by atoms with Gasteiger partial charge in [0.1, 0.15) is 4.21 Å². The molecule has 0 aliphatic carbocycles. The Morgan fingerprint density at radius 3 is 2.17 bits per heavy atom. The van der Waals surface area contributed by atoms with Gasteiger partial charge < -0.3 is 0 Å². The molecular formula is C19H16N4O5S2. The van der Waals surface area contributed by atoms with Crippen LogP contribution in [0.1, 0.15) is 15.9 Å². The molecule has 1 heterocycles. The Balaban J connectivity index is 1.58. The average Bonchev–Trinajstić information content (AvgIpc) is 3.28. The van der Waals surface area contributed by atoms with Gasteiger partial charge in [-0.25, -0.2) is 8.42 Å². The standard InChI is InChI=1S/C19H16N4O5S2/c1-13(14-6-10-17(11-7-14)23(25)26)20-21-19(24)15-4-8-16(9-5-15)22-30(27,28)18-3-2-12-29-18/h2-12,20,22H,1H2,(H,21,24). The second-order valence-electron chi connectivity index (χ2n) is 5.98. The number of sulfonamides is 1. The van der Waals surface area contributed by atoms with Gasteiger partial charge in [-0.3, -0.25) is 30.5 Å². The Labute approximate surface area is 176 Å². The number of hydrogen-bond acceptors (Lipinski definition) is 7. The van der Waals surface area contributed by atoms with Crippen LogP contribution >= 0.6 is 11.3 Å². The van der Waals surface area contributed by atoms with Gasteiger partial charge in [0.15, 0.2) is 0 Å². The molecule has 3 rings (SSSR count). The second kappa shape index (κ2) is 8.76. The number of anilines is 1. The molecule has 2 aromatic carbocycles. The largest absolute Gasteiger partial charge is 0.298 e. The molecule has 0 unspecified atom stereocenters. The molecule has 154 valence electrons. The first-order chi connectivity index (χ1) is 14.3. The number of hydrogen-bond donors (Lipinski definition) is 3. The van der Waals surface area contributed by atoms with Gasteiger partial charge in [-0.2, -0.15) is 0 Å². The van der Waals surface area contributed by atoms with E-state index in [4.69, 9.17) is 0 Å². The molecule has 0 fully saturated rings. The van der Waals surface area contributed by atoms with E-state index in [1.54, 1.807) is 11.4 Å². The number of carbonyl (C=O) groups excluding carboxylic acids is 1. The van der Waals surface area contributed by atoms with Gasteiger partial charge in [0.05, 0.1) is 10.6 Å². The lowest BCUT2D eigenvalue weighted by Crippen LogP contribution is -2.35. The van der Waals surface area contributed by atoms with Crippen molar-refractivity contribution in [2.24, 2.45) is 0 Å². The second-order valence-corrected chi connectivity index (χ2v) is 8.83. The summed E-state index contributed by atoms with van der Waals surface area (Å²) in [7, 11) is -3.66. The first-order valence-corrected chi connectivity index (χ1v) is 10.8. The van der Waals surface area contributed by atoms with Crippen LogP contribution in [0.25, 0.3) is 5.70 Å². The van der Waals surface area contributed by atoms with Crippen molar-refractivity contribution in [2.45, 2.75) is 4.21 Å². The van der Waals surface area contributed by atoms with Gasteiger partial charge in [0, 0.05) is 23.4 Å². The molecule has 0 atom stereocenters. The molecule has 1 aromatic heterocycles. The maximum atomic E-state index is 12.3. The number of non-ortho nitro benzene ring substituents is 1. The number of nitrogens with zero attached hydrogens (tertiary/aromatic N) is 1. The molecular weight excluding hydrogens is 428 g/mol. The number of nitro groups is 1. The number of nitro benzene ring substituents is 1. The van der Waals surface area contributed by atoms with Crippen LogP contribution in [0.4, 0.5) is 11.4 Å². The number of rotatable bonds is 8. The molecule has 0 saturated carbocycles. The van der Waals surface area contributed by atoms with E-state index in [1.807, 2.05) is 0 Å². The third-order valence-electron chi connectivity index (χ3n) is 3.91. The molecule has 0 saturated heterocycles. The first kappa shape index (κ1) is 21.0. The first-order valence-electron chi connectivity index (χ1n) is 8.43. The van der Waals surface area contributed by atoms with Gasteiger partial charge in [-0.05, 0) is 53.4 Å². The van der Waals surface area contributed by atoms with E-state index in [2.05, 4.69) is 22.2 Å². The summed E-state index contributed by atoms with van der Waals surface area (Å²) in [6.07, 6.45) is 0. The zero-order chi connectivity index (χ0) is 21.7. The quantitative estimate of drug-likeness (QED) is 0.361. The summed E-state index contributed by atoms with van der Waals surface area (Å²) in [5.74, 6) is -0.467. The third-order valence-corrected chi connectivity index (χ3v) is 6.69. The number of amides is 1. The van der Waals surface area contributed by atoms with Crippen molar-refractivity contribution >= 4 is 44.3 Å². The van der Waals surface area contributed by atoms with E-state index in [0.717, 1.165) is 11.3 Å². The molecule has 0 radical (unpaired) electrons. The van der Waals surface area contributed by atoms with Gasteiger partial charge >= 0.3 is 0 Å². The van der Waals surface area contributed by atoms with Crippen LogP contribution in [-0.2, 0) is 10.0 Å². The lowest BCUT2D eigenvalue weighted by molar-refractivity contribution is -0.384. The summed E-state index contributed by atoms with van der Waals surface area (Å²) in [5.41, 5.74) is 6.58. The van der Waals surface area contributed by atoms with Crippen molar-refractivity contribution in [1.29, 1.82) is 0 Å². The van der Waals surface area contributed by atoms with Gasteiger partial charge in [-0.15, -0.1) is 11.3 Å². The monoisotopic (exact) mass is 444 g/mol. The molecule has 3 aromatic rings. The summed E-state index contributed by atoms with van der Waals surface area (Å²) in [5, 5.41) is 12.4. The Kier molecular flexibility index (Phi) is 6.14. The number of carbonyl (C=O) groups is 1. The molecule has 3 N–H and O–H groups in total. The van der Waals surface area contributed by atoms with Crippen molar-refractivity contribution in [1.82, 2.24) is 10.9 Å². The predicted molar refractivity (Wildman–Crippen MR) is 114 cm³/mol. The molecule has 0 spiro atoms. The van der Waals surface area contributed by atoms with Crippen molar-refractivity contribution in [2.75, 3.05) is 4.72 Å². The van der Waals surface area contributed by atoms with Crippen LogP contribution in [0, 0.1) is 10.1 Å². The minimum atomic E-state index is -3.66. The van der Waals surface area contributed by atoms with E-state index in [-0.39, 0.29) is 15.5 Å².